The van der Waals surface area contributed by atoms with Crippen molar-refractivity contribution in [3.8, 4) is 0 Å². The average Bonchev–Trinajstić information content (AvgIpc) is 3.01. The standard InChI is InChI=1S/C17H19N3O6/c18-15-11(16(23)25-9-10-4-2-1-3-5-10)7-20(17(24)19-15)14-6-12(22)13(8-21)26-14/h1-5,7,12-14,21-22H,6,8-9H2,(H2,18,19,24)/t12-,13+,14+/m0/s1. The second kappa shape index (κ2) is 7.65. The second-order valence-corrected chi connectivity index (χ2v) is 5.91. The number of nitrogens with two attached hydrogens (primary N) is 1. The molecule has 0 unspecified atom stereocenters. The monoisotopic (exact) mass is 361 g/mol. The number of anilines is 1. The van der Waals surface area contributed by atoms with Gasteiger partial charge in [-0.05, 0) is 5.56 Å². The highest BCUT2D eigenvalue weighted by molar-refractivity contribution is 5.93. The first-order valence-corrected chi connectivity index (χ1v) is 8.03. The molecule has 138 valence electrons. The van der Waals surface area contributed by atoms with Gasteiger partial charge in [-0.3, -0.25) is 4.57 Å². The highest BCUT2D eigenvalue weighted by Gasteiger charge is 2.35. The number of benzene rings is 1. The number of esters is 1. The van der Waals surface area contributed by atoms with E-state index in [9.17, 15) is 14.7 Å². The molecule has 0 saturated carbocycles. The van der Waals surface area contributed by atoms with E-state index in [2.05, 4.69) is 4.98 Å². The summed E-state index contributed by atoms with van der Waals surface area (Å²) in [5.74, 6) is -0.980. The first-order chi connectivity index (χ1) is 12.5. The molecule has 1 saturated heterocycles. The number of rotatable bonds is 5. The van der Waals surface area contributed by atoms with Crippen LogP contribution in [0.25, 0.3) is 0 Å². The molecule has 26 heavy (non-hydrogen) atoms. The summed E-state index contributed by atoms with van der Waals surface area (Å²) < 4.78 is 11.7. The van der Waals surface area contributed by atoms with Crippen molar-refractivity contribution in [2.24, 2.45) is 0 Å². The van der Waals surface area contributed by atoms with E-state index in [1.807, 2.05) is 18.2 Å². The van der Waals surface area contributed by atoms with Crippen molar-refractivity contribution in [2.45, 2.75) is 31.5 Å². The number of ether oxygens (including phenoxy) is 2. The number of aliphatic hydroxyl groups is 2. The van der Waals surface area contributed by atoms with E-state index in [0.29, 0.717) is 0 Å². The molecular formula is C17H19N3O6. The molecule has 0 bridgehead atoms. The molecule has 1 aliphatic heterocycles. The molecule has 1 aromatic carbocycles. The molecule has 9 nitrogen and oxygen atoms in total. The smallest absolute Gasteiger partial charge is 0.351 e. The quantitative estimate of drug-likeness (QED) is 0.624. The molecule has 0 radical (unpaired) electrons. The van der Waals surface area contributed by atoms with E-state index >= 15 is 0 Å². The van der Waals surface area contributed by atoms with Crippen LogP contribution in [0.2, 0.25) is 0 Å². The Hall–Kier alpha value is -2.75. The fraction of sp³-hybridized carbons (Fsp3) is 0.353. The minimum absolute atomic E-state index is 0.0451. The highest BCUT2D eigenvalue weighted by Crippen LogP contribution is 2.27. The van der Waals surface area contributed by atoms with Crippen molar-refractivity contribution in [1.82, 2.24) is 9.55 Å². The van der Waals surface area contributed by atoms with E-state index in [1.54, 1.807) is 12.1 Å². The van der Waals surface area contributed by atoms with Gasteiger partial charge in [-0.2, -0.15) is 4.98 Å². The molecular weight excluding hydrogens is 342 g/mol. The van der Waals surface area contributed by atoms with Gasteiger partial charge < -0.3 is 25.4 Å². The van der Waals surface area contributed by atoms with E-state index in [-0.39, 0.29) is 31.0 Å². The molecule has 4 N–H and O–H groups in total. The van der Waals surface area contributed by atoms with Crippen LogP contribution in [0.1, 0.15) is 28.6 Å². The predicted octanol–water partition coefficient (Wildman–Crippen LogP) is -0.177. The molecule has 2 aromatic rings. The molecule has 1 fully saturated rings. The Morgan fingerprint density at radius 2 is 2.12 bits per heavy atom. The van der Waals surface area contributed by atoms with Crippen LogP contribution < -0.4 is 11.4 Å². The third-order valence-electron chi connectivity index (χ3n) is 4.11. The van der Waals surface area contributed by atoms with Gasteiger partial charge in [-0.15, -0.1) is 0 Å². The van der Waals surface area contributed by atoms with Crippen molar-refractivity contribution in [2.75, 3.05) is 12.3 Å². The number of carbonyl (C=O) groups excluding carboxylic acids is 1. The third kappa shape index (κ3) is 3.74. The van der Waals surface area contributed by atoms with Crippen LogP contribution in [-0.4, -0.2) is 44.5 Å². The summed E-state index contributed by atoms with van der Waals surface area (Å²) in [5.41, 5.74) is 5.68. The van der Waals surface area contributed by atoms with Crippen LogP contribution in [0.4, 0.5) is 5.82 Å². The molecule has 9 heteroatoms. The van der Waals surface area contributed by atoms with Crippen LogP contribution in [0.15, 0.2) is 41.3 Å². The fourth-order valence-corrected chi connectivity index (χ4v) is 2.70. The van der Waals surface area contributed by atoms with Crippen molar-refractivity contribution < 1.29 is 24.5 Å². The normalized spacial score (nSPS) is 22.3. The van der Waals surface area contributed by atoms with Crippen LogP contribution in [0, 0.1) is 0 Å². The Labute approximate surface area is 148 Å². The van der Waals surface area contributed by atoms with E-state index in [4.69, 9.17) is 20.3 Å². The van der Waals surface area contributed by atoms with Crippen molar-refractivity contribution in [1.29, 1.82) is 0 Å². The maximum absolute atomic E-state index is 12.3. The van der Waals surface area contributed by atoms with Gasteiger partial charge in [0.25, 0.3) is 0 Å². The minimum Gasteiger partial charge on any atom is -0.457 e. The highest BCUT2D eigenvalue weighted by atomic mass is 16.5. The SMILES string of the molecule is Nc1nc(=O)n([C@H]2C[C@H](O)[C@@H](CO)O2)cc1C(=O)OCc1ccccc1. The molecule has 3 rings (SSSR count). The van der Waals surface area contributed by atoms with Gasteiger partial charge in [0.2, 0.25) is 0 Å². The molecule has 0 aliphatic carbocycles. The number of hydrogen-bond donors (Lipinski definition) is 3. The van der Waals surface area contributed by atoms with Gasteiger partial charge in [0.1, 0.15) is 30.3 Å². The molecule has 0 spiro atoms. The molecule has 3 atom stereocenters. The van der Waals surface area contributed by atoms with Gasteiger partial charge in [0.15, 0.2) is 0 Å². The fourth-order valence-electron chi connectivity index (χ4n) is 2.70. The molecule has 0 amide bonds. The summed E-state index contributed by atoms with van der Waals surface area (Å²) in [4.78, 5) is 28.0. The van der Waals surface area contributed by atoms with E-state index < -0.39 is 30.1 Å². The van der Waals surface area contributed by atoms with Crippen LogP contribution >= 0.6 is 0 Å². The lowest BCUT2D eigenvalue weighted by Gasteiger charge is -2.16. The number of hydrogen-bond acceptors (Lipinski definition) is 8. The number of nitrogens with zero attached hydrogens (tertiary/aromatic N) is 2. The number of aliphatic hydroxyl groups excluding tert-OH is 2. The van der Waals surface area contributed by atoms with Crippen LogP contribution in [0.5, 0.6) is 0 Å². The lowest BCUT2D eigenvalue weighted by Crippen LogP contribution is -2.30. The molecule has 1 aliphatic rings. The Morgan fingerprint density at radius 3 is 2.77 bits per heavy atom. The zero-order valence-corrected chi connectivity index (χ0v) is 13.8. The number of nitrogen functional groups attached to an aromatic ring is 1. The van der Waals surface area contributed by atoms with Gasteiger partial charge >= 0.3 is 11.7 Å². The summed E-state index contributed by atoms with van der Waals surface area (Å²) in [5, 5.41) is 19.0. The first kappa shape index (κ1) is 18.1. The maximum atomic E-state index is 12.3. The van der Waals surface area contributed by atoms with Gasteiger partial charge in [-0.1, -0.05) is 30.3 Å². The predicted molar refractivity (Wildman–Crippen MR) is 90.1 cm³/mol. The average molecular weight is 361 g/mol. The van der Waals surface area contributed by atoms with E-state index in [1.165, 1.54) is 6.20 Å². The largest absolute Gasteiger partial charge is 0.457 e. The zero-order valence-electron chi connectivity index (χ0n) is 13.8. The molecule has 1 aromatic heterocycles. The van der Waals surface area contributed by atoms with Crippen LogP contribution in [-0.2, 0) is 16.1 Å². The van der Waals surface area contributed by atoms with Crippen molar-refractivity contribution >= 4 is 11.8 Å². The third-order valence-corrected chi connectivity index (χ3v) is 4.11. The Morgan fingerprint density at radius 1 is 1.38 bits per heavy atom. The van der Waals surface area contributed by atoms with E-state index in [0.717, 1.165) is 10.1 Å². The summed E-state index contributed by atoms with van der Waals surface area (Å²) >= 11 is 0. The summed E-state index contributed by atoms with van der Waals surface area (Å²) in [7, 11) is 0. The van der Waals surface area contributed by atoms with Crippen molar-refractivity contribution in [3.63, 3.8) is 0 Å². The van der Waals surface area contributed by atoms with Gasteiger partial charge in [-0.25, -0.2) is 9.59 Å². The Balaban J connectivity index is 1.79. The van der Waals surface area contributed by atoms with Gasteiger partial charge in [0.05, 0.1) is 12.7 Å². The molecule has 2 heterocycles. The Bertz CT molecular complexity index is 838. The topological polar surface area (TPSA) is 137 Å². The minimum atomic E-state index is -0.928. The van der Waals surface area contributed by atoms with Crippen LogP contribution in [0.3, 0.4) is 0 Å². The number of carbonyl (C=O) groups is 1. The Kier molecular flexibility index (Phi) is 5.31. The lowest BCUT2D eigenvalue weighted by molar-refractivity contribution is -0.0459. The van der Waals surface area contributed by atoms with Gasteiger partial charge in [0, 0.05) is 12.6 Å². The second-order valence-electron chi connectivity index (χ2n) is 5.91. The summed E-state index contributed by atoms with van der Waals surface area (Å²) in [6.45, 7) is -0.343. The maximum Gasteiger partial charge on any atom is 0.351 e. The lowest BCUT2D eigenvalue weighted by atomic mass is 10.2. The van der Waals surface area contributed by atoms with Crippen molar-refractivity contribution in [3.05, 3.63) is 58.1 Å². The zero-order chi connectivity index (χ0) is 18.7. The first-order valence-electron chi connectivity index (χ1n) is 8.03. The summed E-state index contributed by atoms with van der Waals surface area (Å²) in [6.07, 6.45) is -1.31. The summed E-state index contributed by atoms with van der Waals surface area (Å²) in [6, 6.07) is 9.09. The number of aromatic nitrogens is 2.